The lowest BCUT2D eigenvalue weighted by molar-refractivity contribution is 0.247. The third-order valence-electron chi connectivity index (χ3n) is 9.07. The van der Waals surface area contributed by atoms with Crippen LogP contribution in [0.15, 0.2) is 0 Å². The van der Waals surface area contributed by atoms with Gasteiger partial charge in [-0.1, -0.05) is 102 Å². The Morgan fingerprint density at radius 2 is 0.474 bits per heavy atom. The second-order valence-electron chi connectivity index (χ2n) is 12.2. The van der Waals surface area contributed by atoms with E-state index in [-0.39, 0.29) is 0 Å². The van der Waals surface area contributed by atoms with E-state index < -0.39 is 33.8 Å². The highest BCUT2D eigenvalue weighted by atomic mass is 28.4. The standard InChI is InChI=1S/C28H66O6Si4/c1-29-36(8,30-2)26-20-14-11-17-23-35(7,24-18-12-15-21-27-37(9,31-3)32-4)25-19-13-16-22-28-38(10,33-5)34-6/h11-28H2,1-10H3. The summed E-state index contributed by atoms with van der Waals surface area (Å²) >= 11 is 0. The van der Waals surface area contributed by atoms with Crippen LogP contribution in [-0.2, 0) is 26.6 Å². The number of rotatable bonds is 27. The molecule has 38 heavy (non-hydrogen) atoms. The predicted molar refractivity (Wildman–Crippen MR) is 173 cm³/mol. The third-order valence-corrected chi connectivity index (χ3v) is 22.7. The molecule has 0 saturated carbocycles. The molecule has 0 saturated heterocycles. The monoisotopic (exact) mass is 610 g/mol. The highest BCUT2D eigenvalue weighted by Crippen LogP contribution is 2.30. The van der Waals surface area contributed by atoms with Crippen LogP contribution in [0.4, 0.5) is 0 Å². The summed E-state index contributed by atoms with van der Waals surface area (Å²) in [5, 5.41) is 0. The first kappa shape index (κ1) is 38.6. The number of unbranched alkanes of at least 4 members (excludes halogenated alkanes) is 9. The van der Waals surface area contributed by atoms with Crippen LogP contribution in [0.3, 0.4) is 0 Å². The van der Waals surface area contributed by atoms with Crippen molar-refractivity contribution in [3.05, 3.63) is 0 Å². The zero-order chi connectivity index (χ0) is 29.0. The average molecular weight is 611 g/mol. The Hall–Kier alpha value is 0.628. The quantitative estimate of drug-likeness (QED) is 0.0684. The summed E-state index contributed by atoms with van der Waals surface area (Å²) in [5.74, 6) is 0. The fourth-order valence-corrected chi connectivity index (χ4v) is 13.8. The zero-order valence-corrected chi connectivity index (χ0v) is 31.2. The van der Waals surface area contributed by atoms with E-state index in [9.17, 15) is 0 Å². The van der Waals surface area contributed by atoms with Crippen LogP contribution in [0.25, 0.3) is 0 Å². The molecule has 10 heteroatoms. The van der Waals surface area contributed by atoms with Crippen molar-refractivity contribution in [1.82, 2.24) is 0 Å². The van der Waals surface area contributed by atoms with Crippen LogP contribution in [-0.4, -0.2) is 76.4 Å². The van der Waals surface area contributed by atoms with E-state index in [1.54, 1.807) is 42.7 Å². The summed E-state index contributed by atoms with van der Waals surface area (Å²) in [6.45, 7) is 9.23. The highest BCUT2D eigenvalue weighted by Gasteiger charge is 2.30. The first-order valence-corrected chi connectivity index (χ1v) is 26.0. The predicted octanol–water partition coefficient (Wildman–Crippen LogP) is 8.84. The topological polar surface area (TPSA) is 55.4 Å². The van der Waals surface area contributed by atoms with Gasteiger partial charge in [0, 0.05) is 42.7 Å². The van der Waals surface area contributed by atoms with Crippen LogP contribution < -0.4 is 0 Å². The summed E-state index contributed by atoms with van der Waals surface area (Å²) in [6.07, 6.45) is 15.9. The van der Waals surface area contributed by atoms with E-state index in [0.29, 0.717) is 0 Å². The molecular weight excluding hydrogens is 545 g/mol. The first-order valence-electron chi connectivity index (χ1n) is 15.3. The molecule has 0 aromatic heterocycles. The number of hydrogen-bond donors (Lipinski definition) is 0. The maximum absolute atomic E-state index is 5.65. The molecule has 0 aromatic carbocycles. The van der Waals surface area contributed by atoms with E-state index >= 15 is 0 Å². The molecule has 0 unspecified atom stereocenters. The van der Waals surface area contributed by atoms with E-state index in [1.165, 1.54) is 95.2 Å². The lowest BCUT2D eigenvalue weighted by Gasteiger charge is -2.28. The minimum absolute atomic E-state index is 1.11. The van der Waals surface area contributed by atoms with Crippen LogP contribution in [0.1, 0.15) is 77.0 Å². The third kappa shape index (κ3) is 17.4. The van der Waals surface area contributed by atoms with Gasteiger partial charge in [0.2, 0.25) is 0 Å². The maximum atomic E-state index is 5.65. The second kappa shape index (κ2) is 21.3. The first-order chi connectivity index (χ1) is 18.0. The van der Waals surface area contributed by atoms with Gasteiger partial charge in [-0.15, -0.1) is 0 Å². The summed E-state index contributed by atoms with van der Waals surface area (Å²) in [7, 11) is 3.91. The molecule has 0 aromatic rings. The SMILES string of the molecule is CO[Si](C)(CCCCCC[Si](C)(CCCCCC[Si](C)(OC)OC)CCCCCC[Si](C)(OC)OC)OC. The number of hydrogen-bond acceptors (Lipinski definition) is 6. The Balaban J connectivity index is 4.53. The van der Waals surface area contributed by atoms with Crippen molar-refractivity contribution in [2.45, 2.75) is 140 Å². The van der Waals surface area contributed by atoms with Crippen molar-refractivity contribution < 1.29 is 26.6 Å². The molecule has 0 aliphatic heterocycles. The molecule has 0 aliphatic rings. The molecule has 0 N–H and O–H groups in total. The molecule has 6 nitrogen and oxygen atoms in total. The van der Waals surface area contributed by atoms with Gasteiger partial charge in [-0.25, -0.2) is 0 Å². The van der Waals surface area contributed by atoms with Gasteiger partial charge < -0.3 is 26.6 Å². The van der Waals surface area contributed by atoms with Gasteiger partial charge >= 0.3 is 25.7 Å². The minimum Gasteiger partial charge on any atom is -0.398 e. The fraction of sp³-hybridized carbons (Fsp3) is 1.00. The van der Waals surface area contributed by atoms with Gasteiger partial charge in [-0.2, -0.15) is 0 Å². The van der Waals surface area contributed by atoms with Gasteiger partial charge in [0.15, 0.2) is 0 Å². The Morgan fingerprint density at radius 3 is 0.658 bits per heavy atom. The van der Waals surface area contributed by atoms with Crippen molar-refractivity contribution >= 4 is 33.8 Å². The van der Waals surface area contributed by atoms with Crippen LogP contribution in [0, 0.1) is 0 Å². The molecule has 0 aliphatic carbocycles. The Morgan fingerprint density at radius 1 is 0.289 bits per heavy atom. The summed E-state index contributed by atoms with van der Waals surface area (Å²) in [6, 6.07) is 7.80. The van der Waals surface area contributed by atoms with Crippen LogP contribution in [0.5, 0.6) is 0 Å². The smallest absolute Gasteiger partial charge is 0.334 e. The van der Waals surface area contributed by atoms with E-state index in [2.05, 4.69) is 26.2 Å². The van der Waals surface area contributed by atoms with E-state index in [4.69, 9.17) is 26.6 Å². The van der Waals surface area contributed by atoms with Crippen molar-refractivity contribution in [2.75, 3.05) is 42.7 Å². The Bertz CT molecular complexity index is 483. The van der Waals surface area contributed by atoms with Gasteiger partial charge in [0.1, 0.15) is 0 Å². The van der Waals surface area contributed by atoms with Crippen molar-refractivity contribution in [3.8, 4) is 0 Å². The van der Waals surface area contributed by atoms with Gasteiger partial charge in [0.05, 0.1) is 8.07 Å². The molecular formula is C28H66O6Si4. The van der Waals surface area contributed by atoms with Crippen LogP contribution >= 0.6 is 0 Å². The molecule has 0 atom stereocenters. The van der Waals surface area contributed by atoms with Crippen molar-refractivity contribution in [3.63, 3.8) is 0 Å². The van der Waals surface area contributed by atoms with E-state index in [0.717, 1.165) is 18.1 Å². The molecule has 0 spiro atoms. The molecule has 0 bridgehead atoms. The Kier molecular flexibility index (Phi) is 21.7. The van der Waals surface area contributed by atoms with Crippen molar-refractivity contribution in [1.29, 1.82) is 0 Å². The maximum Gasteiger partial charge on any atom is 0.334 e. The summed E-state index contributed by atoms with van der Waals surface area (Å²) in [5.41, 5.74) is 0. The lowest BCUT2D eigenvalue weighted by atomic mass is 10.2. The largest absolute Gasteiger partial charge is 0.398 e. The minimum atomic E-state index is -1.90. The fourth-order valence-electron chi connectivity index (χ4n) is 5.29. The molecule has 230 valence electrons. The normalized spacial score (nSPS) is 13.4. The second-order valence-corrected chi connectivity index (χ2v) is 28.1. The summed E-state index contributed by atoms with van der Waals surface area (Å²) < 4.78 is 33.9. The van der Waals surface area contributed by atoms with Gasteiger partial charge in [0.25, 0.3) is 0 Å². The molecule has 0 amide bonds. The molecule has 0 rings (SSSR count). The van der Waals surface area contributed by atoms with Crippen LogP contribution in [0.2, 0.25) is 62.5 Å². The van der Waals surface area contributed by atoms with Gasteiger partial charge in [-0.3, -0.25) is 0 Å². The lowest BCUT2D eigenvalue weighted by Crippen LogP contribution is -2.35. The highest BCUT2D eigenvalue weighted by molar-refractivity contribution is 6.78. The van der Waals surface area contributed by atoms with E-state index in [1.807, 2.05) is 0 Å². The molecule has 0 fully saturated rings. The average Bonchev–Trinajstić information content (AvgIpc) is 2.94. The zero-order valence-electron chi connectivity index (χ0n) is 27.2. The molecule has 0 heterocycles. The summed E-state index contributed by atoms with van der Waals surface area (Å²) in [4.78, 5) is 0. The molecule has 0 radical (unpaired) electrons. The van der Waals surface area contributed by atoms with Gasteiger partial charge in [-0.05, 0) is 37.8 Å². The van der Waals surface area contributed by atoms with Crippen molar-refractivity contribution in [2.24, 2.45) is 0 Å². The Labute approximate surface area is 242 Å².